The maximum absolute atomic E-state index is 13.4. The lowest BCUT2D eigenvalue weighted by molar-refractivity contribution is -0.129. The lowest BCUT2D eigenvalue weighted by Gasteiger charge is -2.23. The number of nitrogens with one attached hydrogen (secondary N) is 2. The number of nitrogens with zero attached hydrogens (tertiary/aromatic N) is 3. The van der Waals surface area contributed by atoms with Gasteiger partial charge in [0.05, 0.1) is 24.2 Å². The summed E-state index contributed by atoms with van der Waals surface area (Å²) in [6, 6.07) is 8.46. The average molecular weight is 568 g/mol. The van der Waals surface area contributed by atoms with Crippen LogP contribution in [0.3, 0.4) is 0 Å². The topological polar surface area (TPSA) is 165 Å². The van der Waals surface area contributed by atoms with Gasteiger partial charge in [-0.3, -0.25) is 14.4 Å². The molecule has 2 amide bonds. The van der Waals surface area contributed by atoms with Gasteiger partial charge in [0.2, 0.25) is 5.91 Å². The molecule has 1 unspecified atom stereocenters. The van der Waals surface area contributed by atoms with Gasteiger partial charge in [-0.25, -0.2) is 13.4 Å². The molecule has 1 aromatic carbocycles. The number of carbonyl (C=O) groups excluding carboxylic acids is 3. The van der Waals surface area contributed by atoms with E-state index in [0.29, 0.717) is 18.4 Å². The second-order valence-corrected chi connectivity index (χ2v) is 12.0. The highest BCUT2D eigenvalue weighted by molar-refractivity contribution is 7.89. The maximum atomic E-state index is 13.4. The molecular formula is C27H29N5O7S. The van der Waals surface area contributed by atoms with Crippen molar-refractivity contribution in [2.24, 2.45) is 5.92 Å². The molecule has 13 heteroatoms. The van der Waals surface area contributed by atoms with Crippen LogP contribution in [0.25, 0.3) is 21.9 Å². The number of hydrogen-bond acceptors (Lipinski definition) is 9. The SMILES string of the molecule is CC(C)CC(NC(=O)c1cc2ccccc2o1)C(=O)N[C@H]1CCCN(S(=O)(=O)c2nccc3oncc23)CC1=O. The van der Waals surface area contributed by atoms with E-state index in [4.69, 9.17) is 8.94 Å². The van der Waals surface area contributed by atoms with Gasteiger partial charge in [0.1, 0.15) is 11.6 Å². The van der Waals surface area contributed by atoms with Gasteiger partial charge >= 0.3 is 0 Å². The van der Waals surface area contributed by atoms with E-state index in [9.17, 15) is 22.8 Å². The molecule has 4 heterocycles. The number of hydrogen-bond donors (Lipinski definition) is 2. The molecule has 0 aliphatic carbocycles. The molecule has 0 spiro atoms. The van der Waals surface area contributed by atoms with Crippen molar-refractivity contribution in [3.05, 3.63) is 54.6 Å². The predicted molar refractivity (Wildman–Crippen MR) is 144 cm³/mol. The van der Waals surface area contributed by atoms with Crippen molar-refractivity contribution >= 4 is 49.6 Å². The fourth-order valence-electron chi connectivity index (χ4n) is 4.75. The van der Waals surface area contributed by atoms with E-state index in [1.54, 1.807) is 18.2 Å². The van der Waals surface area contributed by atoms with E-state index in [0.717, 1.165) is 9.69 Å². The molecule has 0 bridgehead atoms. The Labute approximate surface area is 230 Å². The first-order valence-corrected chi connectivity index (χ1v) is 14.4. The number of Topliss-reactive ketones (excluding diaryl/α,β-unsaturated/α-hetero) is 1. The van der Waals surface area contributed by atoms with Gasteiger partial charge in [-0.1, -0.05) is 37.2 Å². The van der Waals surface area contributed by atoms with Gasteiger partial charge in [0.25, 0.3) is 15.9 Å². The van der Waals surface area contributed by atoms with Gasteiger partial charge in [0.15, 0.2) is 22.2 Å². The number of furan rings is 1. The van der Waals surface area contributed by atoms with Crippen LogP contribution < -0.4 is 10.6 Å². The molecule has 1 aliphatic rings. The van der Waals surface area contributed by atoms with E-state index in [2.05, 4.69) is 20.8 Å². The summed E-state index contributed by atoms with van der Waals surface area (Å²) in [7, 11) is -4.14. The number of ketones is 1. The Morgan fingerprint density at radius 1 is 1.18 bits per heavy atom. The average Bonchev–Trinajstić information content (AvgIpc) is 3.53. The van der Waals surface area contributed by atoms with Gasteiger partial charge in [-0.2, -0.15) is 4.31 Å². The molecule has 1 saturated heterocycles. The first-order valence-electron chi connectivity index (χ1n) is 13.0. The molecule has 0 saturated carbocycles. The zero-order chi connectivity index (χ0) is 28.4. The Kier molecular flexibility index (Phi) is 7.68. The van der Waals surface area contributed by atoms with Crippen LogP contribution in [0, 0.1) is 5.92 Å². The predicted octanol–water partition coefficient (Wildman–Crippen LogP) is 2.65. The fourth-order valence-corrected chi connectivity index (χ4v) is 6.29. The zero-order valence-corrected chi connectivity index (χ0v) is 22.8. The molecule has 2 N–H and O–H groups in total. The quantitative estimate of drug-likeness (QED) is 0.326. The second-order valence-electron chi connectivity index (χ2n) is 10.2. The number of carbonyl (C=O) groups is 3. The van der Waals surface area contributed by atoms with Gasteiger partial charge < -0.3 is 19.6 Å². The lowest BCUT2D eigenvalue weighted by atomic mass is 10.0. The summed E-state index contributed by atoms with van der Waals surface area (Å²) in [5.74, 6) is -1.39. The smallest absolute Gasteiger partial charge is 0.287 e. The van der Waals surface area contributed by atoms with Crippen molar-refractivity contribution in [2.75, 3.05) is 13.1 Å². The Morgan fingerprint density at radius 3 is 2.75 bits per heavy atom. The third-order valence-electron chi connectivity index (χ3n) is 6.75. The number of fused-ring (bicyclic) bond motifs is 2. The van der Waals surface area contributed by atoms with Gasteiger partial charge in [0, 0.05) is 24.2 Å². The minimum atomic E-state index is -4.14. The maximum Gasteiger partial charge on any atom is 0.287 e. The van der Waals surface area contributed by atoms with Crippen LogP contribution >= 0.6 is 0 Å². The van der Waals surface area contributed by atoms with E-state index in [1.165, 1.54) is 18.5 Å². The summed E-state index contributed by atoms with van der Waals surface area (Å²) in [5.41, 5.74) is 0.817. The first-order chi connectivity index (χ1) is 19.1. The zero-order valence-electron chi connectivity index (χ0n) is 22.0. The summed E-state index contributed by atoms with van der Waals surface area (Å²) in [6.07, 6.45) is 3.47. The molecular weight excluding hydrogens is 538 g/mol. The Morgan fingerprint density at radius 2 is 1.98 bits per heavy atom. The number of amides is 2. The Hall–Kier alpha value is -4.10. The fraction of sp³-hybridized carbons (Fsp3) is 0.370. The van der Waals surface area contributed by atoms with Crippen LogP contribution in [0.2, 0.25) is 0 Å². The molecule has 12 nitrogen and oxygen atoms in total. The Bertz CT molecular complexity index is 1640. The van der Waals surface area contributed by atoms with Crippen molar-refractivity contribution in [2.45, 2.75) is 50.2 Å². The number of benzene rings is 1. The van der Waals surface area contributed by atoms with Crippen LogP contribution in [-0.4, -0.2) is 65.6 Å². The van der Waals surface area contributed by atoms with Crippen molar-refractivity contribution in [1.82, 2.24) is 25.1 Å². The number of aromatic nitrogens is 2. The second kappa shape index (κ2) is 11.2. The lowest BCUT2D eigenvalue weighted by Crippen LogP contribution is -2.52. The summed E-state index contributed by atoms with van der Waals surface area (Å²) < 4.78 is 38.5. The van der Waals surface area contributed by atoms with E-state index in [-0.39, 0.29) is 40.6 Å². The molecule has 1 fully saturated rings. The summed E-state index contributed by atoms with van der Waals surface area (Å²) in [6.45, 7) is 3.47. The van der Waals surface area contributed by atoms with Crippen LogP contribution in [-0.2, 0) is 19.6 Å². The summed E-state index contributed by atoms with van der Waals surface area (Å²) in [4.78, 5) is 43.4. The molecule has 4 aromatic rings. The minimum Gasteiger partial charge on any atom is -0.451 e. The number of sulfonamides is 1. The highest BCUT2D eigenvalue weighted by Gasteiger charge is 2.36. The number of pyridine rings is 1. The molecule has 0 radical (unpaired) electrons. The summed E-state index contributed by atoms with van der Waals surface area (Å²) >= 11 is 0. The molecule has 2 atom stereocenters. The minimum absolute atomic E-state index is 0.0600. The molecule has 40 heavy (non-hydrogen) atoms. The molecule has 210 valence electrons. The highest BCUT2D eigenvalue weighted by Crippen LogP contribution is 2.25. The summed E-state index contributed by atoms with van der Waals surface area (Å²) in [5, 5.41) is 9.85. The van der Waals surface area contributed by atoms with E-state index >= 15 is 0 Å². The monoisotopic (exact) mass is 567 g/mol. The number of para-hydroxylation sites is 1. The normalized spacial score (nSPS) is 17.7. The first kappa shape index (κ1) is 27.5. The van der Waals surface area contributed by atoms with Crippen LogP contribution in [0.4, 0.5) is 0 Å². The highest BCUT2D eigenvalue weighted by atomic mass is 32.2. The van der Waals surface area contributed by atoms with Gasteiger partial charge in [-0.15, -0.1) is 0 Å². The standard InChI is InChI=1S/C27H29N5O7S/c1-16(2)12-20(31-26(35)24-13-17-6-3-4-8-22(17)38-24)25(34)30-19-7-5-11-32(15-21(19)33)40(36,37)27-18-14-29-39-23(18)9-10-28-27/h3-4,6,8-10,13-14,16,19-20H,5,7,11-12,15H2,1-2H3,(H,30,34)(H,31,35)/t19-,20?/m0/s1. The van der Waals surface area contributed by atoms with Crippen molar-refractivity contribution in [3.63, 3.8) is 0 Å². The van der Waals surface area contributed by atoms with E-state index in [1.807, 2.05) is 26.0 Å². The van der Waals surface area contributed by atoms with Crippen molar-refractivity contribution in [1.29, 1.82) is 0 Å². The Balaban J connectivity index is 1.28. The van der Waals surface area contributed by atoms with Crippen LogP contribution in [0.15, 0.2) is 62.8 Å². The number of rotatable bonds is 8. The van der Waals surface area contributed by atoms with Gasteiger partial charge in [-0.05, 0) is 37.3 Å². The van der Waals surface area contributed by atoms with Crippen LogP contribution in [0.1, 0.15) is 43.7 Å². The van der Waals surface area contributed by atoms with Crippen LogP contribution in [0.5, 0.6) is 0 Å². The molecule has 5 rings (SSSR count). The molecule has 3 aromatic heterocycles. The van der Waals surface area contributed by atoms with Crippen molar-refractivity contribution in [3.8, 4) is 0 Å². The van der Waals surface area contributed by atoms with E-state index < -0.39 is 46.2 Å². The third-order valence-corrected chi connectivity index (χ3v) is 8.55. The van der Waals surface area contributed by atoms with Crippen molar-refractivity contribution < 1.29 is 31.7 Å². The molecule has 1 aliphatic heterocycles. The largest absolute Gasteiger partial charge is 0.451 e. The third kappa shape index (κ3) is 5.61.